The number of anilines is 1. The minimum Gasteiger partial charge on any atom is -0.493 e. The highest BCUT2D eigenvalue weighted by Crippen LogP contribution is 2.38. The van der Waals surface area contributed by atoms with E-state index in [1.807, 2.05) is 6.92 Å². The molecule has 0 spiro atoms. The van der Waals surface area contributed by atoms with Crippen molar-refractivity contribution < 1.29 is 33.8 Å². The maximum absolute atomic E-state index is 13.1. The zero-order chi connectivity index (χ0) is 26.7. The number of hydrogen-bond acceptors (Lipinski definition) is 6. The van der Waals surface area contributed by atoms with Crippen molar-refractivity contribution in [2.45, 2.75) is 13.5 Å². The van der Waals surface area contributed by atoms with Crippen molar-refractivity contribution in [3.63, 3.8) is 0 Å². The van der Waals surface area contributed by atoms with E-state index in [0.717, 1.165) is 10.5 Å². The van der Waals surface area contributed by atoms with Crippen LogP contribution in [0.1, 0.15) is 27.0 Å². The number of halogens is 1. The van der Waals surface area contributed by atoms with E-state index < -0.39 is 23.8 Å². The summed E-state index contributed by atoms with van der Waals surface area (Å²) in [5, 5.41) is 11.4. The first kappa shape index (κ1) is 25.6. The van der Waals surface area contributed by atoms with Crippen LogP contribution in [-0.2, 0) is 16.2 Å². The number of nitrogens with zero attached hydrogens (tertiary/aromatic N) is 1. The SMILES string of the molecule is COc1cc(/C=C2\C(=O)NC(=O)N(c3ccc(C)cc3)C2=O)cc(Br)c1OCc1cccc(C(=O)O)c1. The van der Waals surface area contributed by atoms with Crippen molar-refractivity contribution >= 4 is 51.5 Å². The van der Waals surface area contributed by atoms with Gasteiger partial charge in [-0.2, -0.15) is 0 Å². The molecule has 0 atom stereocenters. The molecule has 1 heterocycles. The molecule has 37 heavy (non-hydrogen) atoms. The van der Waals surface area contributed by atoms with Crippen LogP contribution in [0.4, 0.5) is 10.5 Å². The number of carboxylic acid groups (broad SMARTS) is 1. The van der Waals surface area contributed by atoms with Gasteiger partial charge in [0.1, 0.15) is 12.2 Å². The van der Waals surface area contributed by atoms with E-state index in [0.29, 0.717) is 32.8 Å². The first-order valence-electron chi connectivity index (χ1n) is 11.0. The number of hydrogen-bond donors (Lipinski definition) is 2. The van der Waals surface area contributed by atoms with Gasteiger partial charge in [-0.3, -0.25) is 14.9 Å². The Kier molecular flexibility index (Phi) is 7.40. The van der Waals surface area contributed by atoms with Crippen LogP contribution in [0.5, 0.6) is 11.5 Å². The number of aryl methyl sites for hydroxylation is 1. The lowest BCUT2D eigenvalue weighted by atomic mass is 10.1. The summed E-state index contributed by atoms with van der Waals surface area (Å²) < 4.78 is 11.8. The van der Waals surface area contributed by atoms with Gasteiger partial charge in [0.2, 0.25) is 0 Å². The van der Waals surface area contributed by atoms with Crippen molar-refractivity contribution in [2.24, 2.45) is 0 Å². The Hall–Kier alpha value is -4.44. The first-order valence-corrected chi connectivity index (χ1v) is 11.8. The Morgan fingerprint density at radius 3 is 2.49 bits per heavy atom. The van der Waals surface area contributed by atoms with E-state index in [1.54, 1.807) is 48.5 Å². The molecule has 1 saturated heterocycles. The predicted molar refractivity (Wildman–Crippen MR) is 139 cm³/mol. The minimum absolute atomic E-state index is 0.0744. The van der Waals surface area contributed by atoms with E-state index >= 15 is 0 Å². The molecule has 4 rings (SSSR count). The molecule has 0 unspecified atom stereocenters. The van der Waals surface area contributed by atoms with Crippen molar-refractivity contribution in [3.05, 3.63) is 93.0 Å². The van der Waals surface area contributed by atoms with Crippen LogP contribution in [0.25, 0.3) is 6.08 Å². The van der Waals surface area contributed by atoms with Gasteiger partial charge in [0.05, 0.1) is 22.8 Å². The fraction of sp³-hybridized carbons (Fsp3) is 0.111. The third kappa shape index (κ3) is 5.54. The van der Waals surface area contributed by atoms with E-state index in [1.165, 1.54) is 25.3 Å². The Bertz CT molecular complexity index is 1450. The molecule has 2 N–H and O–H groups in total. The number of rotatable bonds is 7. The third-order valence-corrected chi connectivity index (χ3v) is 6.10. The number of nitrogens with one attached hydrogen (secondary N) is 1. The number of barbiturate groups is 1. The topological polar surface area (TPSA) is 122 Å². The molecule has 188 valence electrons. The molecule has 3 aromatic carbocycles. The molecule has 1 aliphatic rings. The summed E-state index contributed by atoms with van der Waals surface area (Å²) in [6.45, 7) is 1.95. The summed E-state index contributed by atoms with van der Waals surface area (Å²) in [4.78, 5) is 50.2. The Morgan fingerprint density at radius 1 is 1.08 bits per heavy atom. The number of aromatic carboxylic acids is 1. The molecule has 3 aromatic rings. The van der Waals surface area contributed by atoms with Crippen LogP contribution in [0, 0.1) is 6.92 Å². The summed E-state index contributed by atoms with van der Waals surface area (Å²) >= 11 is 3.43. The number of benzene rings is 3. The Labute approximate surface area is 220 Å². The number of carbonyl (C=O) groups excluding carboxylic acids is 3. The molecule has 9 nitrogen and oxygen atoms in total. The van der Waals surface area contributed by atoms with Crippen LogP contribution < -0.4 is 19.7 Å². The van der Waals surface area contributed by atoms with Crippen LogP contribution in [0.2, 0.25) is 0 Å². The highest BCUT2D eigenvalue weighted by molar-refractivity contribution is 9.10. The second-order valence-corrected chi connectivity index (χ2v) is 8.98. The summed E-state index contributed by atoms with van der Waals surface area (Å²) in [5.41, 5.74) is 2.29. The molecule has 0 bridgehead atoms. The monoisotopic (exact) mass is 564 g/mol. The average Bonchev–Trinajstić information content (AvgIpc) is 2.86. The number of imide groups is 2. The molecule has 10 heteroatoms. The zero-order valence-corrected chi connectivity index (χ0v) is 21.4. The number of ether oxygens (including phenoxy) is 2. The number of amides is 4. The number of carboxylic acids is 1. The zero-order valence-electron chi connectivity index (χ0n) is 19.8. The van der Waals surface area contributed by atoms with Crippen LogP contribution in [0.15, 0.2) is 70.7 Å². The molecular formula is C27H21BrN2O7. The summed E-state index contributed by atoms with van der Waals surface area (Å²) in [7, 11) is 1.44. The van der Waals surface area contributed by atoms with Gasteiger partial charge in [-0.1, -0.05) is 29.8 Å². The van der Waals surface area contributed by atoms with E-state index in [-0.39, 0.29) is 17.7 Å². The molecule has 0 aliphatic carbocycles. The number of carbonyl (C=O) groups is 4. The largest absolute Gasteiger partial charge is 0.493 e. The summed E-state index contributed by atoms with van der Waals surface area (Å²) in [5.74, 6) is -1.95. The van der Waals surface area contributed by atoms with Gasteiger partial charge < -0.3 is 14.6 Å². The standard InChI is InChI=1S/C27H21BrN2O7/c1-15-6-8-19(9-7-15)30-25(32)20(24(31)29-27(30)35)11-17-12-21(28)23(22(13-17)36-2)37-14-16-4-3-5-18(10-16)26(33)34/h3-13H,14H2,1-2H3,(H,33,34)(H,29,31,35)/b20-11+. The highest BCUT2D eigenvalue weighted by Gasteiger charge is 2.36. The molecule has 0 radical (unpaired) electrons. The lowest BCUT2D eigenvalue weighted by Gasteiger charge is -2.26. The smallest absolute Gasteiger partial charge is 0.335 e. The van der Waals surface area contributed by atoms with Gasteiger partial charge in [-0.15, -0.1) is 0 Å². The normalized spacial score (nSPS) is 14.5. The van der Waals surface area contributed by atoms with Crippen LogP contribution in [0.3, 0.4) is 0 Å². The van der Waals surface area contributed by atoms with Gasteiger partial charge in [0.25, 0.3) is 11.8 Å². The molecule has 0 aromatic heterocycles. The van der Waals surface area contributed by atoms with Gasteiger partial charge in [-0.05, 0) is 76.5 Å². The lowest BCUT2D eigenvalue weighted by Crippen LogP contribution is -2.54. The molecule has 1 fully saturated rings. The quantitative estimate of drug-likeness (QED) is 0.314. The van der Waals surface area contributed by atoms with Crippen molar-refractivity contribution in [1.29, 1.82) is 0 Å². The fourth-order valence-corrected chi connectivity index (χ4v) is 4.24. The maximum atomic E-state index is 13.1. The number of urea groups is 1. The van der Waals surface area contributed by atoms with Gasteiger partial charge in [0, 0.05) is 0 Å². The molecular weight excluding hydrogens is 544 g/mol. The number of methoxy groups -OCH3 is 1. The summed E-state index contributed by atoms with van der Waals surface area (Å²) in [6.07, 6.45) is 1.36. The predicted octanol–water partition coefficient (Wildman–Crippen LogP) is 4.71. The first-order chi connectivity index (χ1) is 17.7. The van der Waals surface area contributed by atoms with Gasteiger partial charge >= 0.3 is 12.0 Å². The van der Waals surface area contributed by atoms with Crippen LogP contribution >= 0.6 is 15.9 Å². The minimum atomic E-state index is -1.04. The van der Waals surface area contributed by atoms with E-state index in [4.69, 9.17) is 9.47 Å². The average molecular weight is 565 g/mol. The Morgan fingerprint density at radius 2 is 1.81 bits per heavy atom. The second-order valence-electron chi connectivity index (χ2n) is 8.12. The van der Waals surface area contributed by atoms with E-state index in [9.17, 15) is 24.3 Å². The Balaban J connectivity index is 1.62. The second kappa shape index (κ2) is 10.7. The van der Waals surface area contributed by atoms with Crippen molar-refractivity contribution in [1.82, 2.24) is 5.32 Å². The lowest BCUT2D eigenvalue weighted by molar-refractivity contribution is -0.122. The fourth-order valence-electron chi connectivity index (χ4n) is 3.67. The molecule has 0 saturated carbocycles. The van der Waals surface area contributed by atoms with Crippen LogP contribution in [-0.4, -0.2) is 36.0 Å². The van der Waals surface area contributed by atoms with E-state index in [2.05, 4.69) is 21.2 Å². The molecule has 4 amide bonds. The summed E-state index contributed by atoms with van der Waals surface area (Å²) in [6, 6.07) is 15.5. The van der Waals surface area contributed by atoms with Crippen molar-refractivity contribution in [2.75, 3.05) is 12.0 Å². The third-order valence-electron chi connectivity index (χ3n) is 5.51. The molecule has 1 aliphatic heterocycles. The van der Waals surface area contributed by atoms with Gasteiger partial charge in [-0.25, -0.2) is 14.5 Å². The maximum Gasteiger partial charge on any atom is 0.335 e. The van der Waals surface area contributed by atoms with Gasteiger partial charge in [0.15, 0.2) is 11.5 Å². The van der Waals surface area contributed by atoms with Crippen molar-refractivity contribution in [3.8, 4) is 11.5 Å². The highest BCUT2D eigenvalue weighted by atomic mass is 79.9.